The molecule has 110 valence electrons. The molecule has 0 spiro atoms. The van der Waals surface area contributed by atoms with Crippen LogP contribution < -0.4 is 10.5 Å². The molecule has 0 saturated heterocycles. The first-order valence-corrected chi connectivity index (χ1v) is 9.11. The van der Waals surface area contributed by atoms with Crippen LogP contribution >= 0.6 is 38.9 Å². The minimum Gasteiger partial charge on any atom is -0.381 e. The summed E-state index contributed by atoms with van der Waals surface area (Å²) in [6.07, 6.45) is 1.60. The number of imidazole rings is 1. The van der Waals surface area contributed by atoms with Crippen LogP contribution in [0.1, 0.15) is 0 Å². The number of rotatable bonds is 3. The summed E-state index contributed by atoms with van der Waals surface area (Å²) < 4.78 is 29.4. The van der Waals surface area contributed by atoms with Crippen molar-refractivity contribution in [1.29, 1.82) is 0 Å². The van der Waals surface area contributed by atoms with Crippen molar-refractivity contribution in [1.82, 2.24) is 9.38 Å². The lowest BCUT2D eigenvalue weighted by atomic mass is 10.3. The minimum atomic E-state index is -3.89. The lowest BCUT2D eigenvalue weighted by Gasteiger charge is -2.10. The van der Waals surface area contributed by atoms with E-state index in [4.69, 9.17) is 17.3 Å². The molecule has 10 heteroatoms. The van der Waals surface area contributed by atoms with Gasteiger partial charge < -0.3 is 5.73 Å². The van der Waals surface area contributed by atoms with Crippen LogP contribution in [0.25, 0.3) is 4.96 Å². The highest BCUT2D eigenvalue weighted by molar-refractivity contribution is 9.10. The van der Waals surface area contributed by atoms with Crippen LogP contribution in [0.4, 0.5) is 11.5 Å². The first kappa shape index (κ1) is 14.6. The SMILES string of the molecule is Nc1nc2sccn2c1S(=O)(=O)Nc1cccc(Cl)c1Br. The molecule has 6 nitrogen and oxygen atoms in total. The Morgan fingerprint density at radius 1 is 1.43 bits per heavy atom. The van der Waals surface area contributed by atoms with Crippen molar-refractivity contribution in [3.8, 4) is 0 Å². The van der Waals surface area contributed by atoms with Crippen LogP contribution in [0.2, 0.25) is 5.02 Å². The molecule has 21 heavy (non-hydrogen) atoms. The number of aromatic nitrogens is 2. The second-order valence-corrected chi connectivity index (χ2v) is 7.74. The summed E-state index contributed by atoms with van der Waals surface area (Å²) in [6.45, 7) is 0. The molecule has 3 N–H and O–H groups in total. The van der Waals surface area contributed by atoms with E-state index in [0.29, 0.717) is 20.1 Å². The van der Waals surface area contributed by atoms with Gasteiger partial charge in [-0.3, -0.25) is 9.12 Å². The van der Waals surface area contributed by atoms with Gasteiger partial charge in [-0.05, 0) is 28.1 Å². The van der Waals surface area contributed by atoms with Crippen molar-refractivity contribution in [2.75, 3.05) is 10.5 Å². The first-order valence-electron chi connectivity index (χ1n) is 5.58. The van der Waals surface area contributed by atoms with Gasteiger partial charge >= 0.3 is 0 Å². The molecule has 0 amide bonds. The number of nitrogens with zero attached hydrogens (tertiary/aromatic N) is 2. The van der Waals surface area contributed by atoms with E-state index in [0.717, 1.165) is 0 Å². The number of hydrogen-bond acceptors (Lipinski definition) is 5. The molecule has 0 radical (unpaired) electrons. The lowest BCUT2D eigenvalue weighted by molar-refractivity contribution is 0.597. The Kier molecular flexibility index (Phi) is 3.60. The van der Waals surface area contributed by atoms with Crippen molar-refractivity contribution in [3.63, 3.8) is 0 Å². The Morgan fingerprint density at radius 2 is 2.19 bits per heavy atom. The van der Waals surface area contributed by atoms with E-state index in [-0.39, 0.29) is 10.8 Å². The van der Waals surface area contributed by atoms with Crippen LogP contribution in [0.3, 0.4) is 0 Å². The van der Waals surface area contributed by atoms with Gasteiger partial charge in [0, 0.05) is 11.6 Å². The summed E-state index contributed by atoms with van der Waals surface area (Å²) in [6, 6.07) is 4.88. The first-order chi connectivity index (χ1) is 9.90. The average Bonchev–Trinajstić information content (AvgIpc) is 2.94. The molecule has 0 bridgehead atoms. The van der Waals surface area contributed by atoms with E-state index in [1.54, 1.807) is 29.8 Å². The third-order valence-electron chi connectivity index (χ3n) is 2.69. The third-order valence-corrected chi connectivity index (χ3v) is 6.25. The maximum absolute atomic E-state index is 12.5. The molecule has 3 aromatic rings. The van der Waals surface area contributed by atoms with Crippen molar-refractivity contribution in [3.05, 3.63) is 39.3 Å². The summed E-state index contributed by atoms with van der Waals surface area (Å²) in [5.41, 5.74) is 6.05. The highest BCUT2D eigenvalue weighted by atomic mass is 79.9. The quantitative estimate of drug-likeness (QED) is 0.698. The molecular formula is C11H8BrClN4O2S2. The molecule has 0 aliphatic rings. The summed E-state index contributed by atoms with van der Waals surface area (Å²) in [7, 11) is -3.89. The number of thiazole rings is 1. The van der Waals surface area contributed by atoms with Crippen molar-refractivity contribution in [2.24, 2.45) is 0 Å². The van der Waals surface area contributed by atoms with E-state index >= 15 is 0 Å². The monoisotopic (exact) mass is 406 g/mol. The Labute approximate surface area is 137 Å². The molecule has 0 aliphatic carbocycles. The minimum absolute atomic E-state index is 0.0486. The van der Waals surface area contributed by atoms with E-state index in [2.05, 4.69) is 25.6 Å². The second-order valence-electron chi connectivity index (χ2n) is 4.06. The Balaban J connectivity index is 2.11. The van der Waals surface area contributed by atoms with E-state index < -0.39 is 10.0 Å². The van der Waals surface area contributed by atoms with Gasteiger partial charge in [-0.15, -0.1) is 11.3 Å². The van der Waals surface area contributed by atoms with Gasteiger partial charge in [0.05, 0.1) is 15.2 Å². The molecule has 2 heterocycles. The number of anilines is 2. The number of nitrogens with one attached hydrogen (secondary N) is 1. The number of nitrogen functional groups attached to an aromatic ring is 1. The molecule has 0 unspecified atom stereocenters. The summed E-state index contributed by atoms with van der Waals surface area (Å²) in [5.74, 6) is -0.0486. The molecule has 0 aliphatic heterocycles. The second kappa shape index (κ2) is 5.16. The average molecular weight is 408 g/mol. The normalized spacial score (nSPS) is 11.9. The predicted octanol–water partition coefficient (Wildman–Crippen LogP) is 3.19. The van der Waals surface area contributed by atoms with Crippen molar-refractivity contribution >= 4 is 65.4 Å². The Hall–Kier alpha value is -1.29. The number of hydrogen-bond donors (Lipinski definition) is 2. The fourth-order valence-corrected chi connectivity index (χ4v) is 4.56. The Morgan fingerprint density at radius 3 is 2.95 bits per heavy atom. The van der Waals surface area contributed by atoms with Gasteiger partial charge in [0.25, 0.3) is 10.0 Å². The van der Waals surface area contributed by atoms with Gasteiger partial charge in [-0.2, -0.15) is 8.42 Å². The summed E-state index contributed by atoms with van der Waals surface area (Å²) in [5, 5.41) is 2.04. The zero-order valence-corrected chi connectivity index (χ0v) is 14.2. The zero-order valence-electron chi connectivity index (χ0n) is 10.2. The molecular weight excluding hydrogens is 400 g/mol. The maximum atomic E-state index is 12.5. The largest absolute Gasteiger partial charge is 0.381 e. The summed E-state index contributed by atoms with van der Waals surface area (Å²) >= 11 is 10.5. The molecule has 3 rings (SSSR count). The van der Waals surface area contributed by atoms with Gasteiger partial charge in [0.15, 0.2) is 10.8 Å². The highest BCUT2D eigenvalue weighted by Gasteiger charge is 2.25. The smallest absolute Gasteiger partial charge is 0.281 e. The van der Waals surface area contributed by atoms with E-state index in [9.17, 15) is 8.42 Å². The van der Waals surface area contributed by atoms with Gasteiger partial charge in [-0.25, -0.2) is 4.98 Å². The molecule has 0 fully saturated rings. The van der Waals surface area contributed by atoms with Crippen LogP contribution in [-0.4, -0.2) is 17.8 Å². The molecule has 2 aromatic heterocycles. The van der Waals surface area contributed by atoms with E-state index in [1.165, 1.54) is 15.7 Å². The molecule has 1 aromatic carbocycles. The zero-order chi connectivity index (χ0) is 15.2. The fourth-order valence-electron chi connectivity index (χ4n) is 1.82. The number of benzene rings is 1. The fraction of sp³-hybridized carbons (Fsp3) is 0. The van der Waals surface area contributed by atoms with Gasteiger partial charge in [-0.1, -0.05) is 17.7 Å². The van der Waals surface area contributed by atoms with E-state index in [1.807, 2.05) is 0 Å². The number of sulfonamides is 1. The standard InChI is InChI=1S/C11H8BrClN4O2S2/c12-8-6(13)2-1-3-7(8)16-21(18,19)10-9(14)15-11-17(10)4-5-20-11/h1-5,16H,14H2. The van der Waals surface area contributed by atoms with Crippen LogP contribution in [0, 0.1) is 0 Å². The number of fused-ring (bicyclic) bond motifs is 1. The maximum Gasteiger partial charge on any atom is 0.281 e. The van der Waals surface area contributed by atoms with Crippen LogP contribution in [-0.2, 0) is 10.0 Å². The van der Waals surface area contributed by atoms with Gasteiger partial charge in [0.2, 0.25) is 5.03 Å². The topological polar surface area (TPSA) is 89.5 Å². The van der Waals surface area contributed by atoms with Crippen molar-refractivity contribution in [2.45, 2.75) is 5.03 Å². The Bertz CT molecular complexity index is 935. The third kappa shape index (κ3) is 2.50. The number of halogens is 2. The predicted molar refractivity (Wildman–Crippen MR) is 87.4 cm³/mol. The van der Waals surface area contributed by atoms with Gasteiger partial charge in [0.1, 0.15) is 0 Å². The highest BCUT2D eigenvalue weighted by Crippen LogP contribution is 2.32. The number of nitrogens with two attached hydrogens (primary N) is 1. The van der Waals surface area contributed by atoms with Crippen LogP contribution in [0.15, 0.2) is 39.3 Å². The summed E-state index contributed by atoms with van der Waals surface area (Å²) in [4.78, 5) is 4.54. The lowest BCUT2D eigenvalue weighted by Crippen LogP contribution is -2.16. The van der Waals surface area contributed by atoms with Crippen molar-refractivity contribution < 1.29 is 8.42 Å². The molecule has 0 saturated carbocycles. The molecule has 0 atom stereocenters. The van der Waals surface area contributed by atoms with Crippen LogP contribution in [0.5, 0.6) is 0 Å².